The van der Waals surface area contributed by atoms with E-state index in [2.05, 4.69) is 93.7 Å². The summed E-state index contributed by atoms with van der Waals surface area (Å²) >= 11 is 0. The standard InChI is InChI=1S/C52H79NO15Si.C52H77NO15Si/c1-26(2)21-34(53-47(58)67-48(11,12)13)41(68-69(27(3)4,28(5)6)29(7)8)46(57)63-36-24-52(59)44(65-45(56)33-22-32(60-17)19-20-35(33)61-18)42-50(16)37(23-38-51(42,25-62-38)66-31(10)54)64-43(50)40(55)39(30(36)9)49(52,14)15;1-26(2)21-34(53-47(58)67-48(11,12)13)40(68-69(27(3)4,28(5)6)29(7)8)46(57)63-36-24-52(59)44(65-45(56)33-22-32(60-17)19-20-35(33)61-18)42-50(16)37(23-38-51(42,25-62-38)66-31(10)54)64-41(43(50)55)39(30(36)9)49(52,14)15/h19-22,27-29,34,36-38,40-44,55,59H,23-25H2,1-18H3,(H,53,58);19-22,27-29,34,36-38,40-42,44,59H,23-25H2,1-18H3,(H,53,58)/t34-,36-,37+,38+,40+,41+,42-,43-,44-,50+,51-,52+;34-,36-,37+,38+,40+,41-,42-,44-,50+,51-,52+/m00/s1. The van der Waals surface area contributed by atoms with E-state index in [0.29, 0.717) is 40.2 Å². The van der Waals surface area contributed by atoms with Crippen molar-refractivity contribution in [2.24, 2.45) is 33.5 Å². The average Bonchev–Trinajstić information content (AvgIpc) is 0.892. The molecule has 12 rings (SSSR count). The van der Waals surface area contributed by atoms with Crippen LogP contribution >= 0.6 is 0 Å². The van der Waals surface area contributed by atoms with Gasteiger partial charge in [-0.25, -0.2) is 28.8 Å². The second-order valence-electron chi connectivity index (χ2n) is 45.5. The highest BCUT2D eigenvalue weighted by molar-refractivity contribution is 6.78. The van der Waals surface area contributed by atoms with Crippen LogP contribution in [0.25, 0.3) is 0 Å². The SMILES string of the molecule is COc1ccc(OC)c(C(=O)O[C@H]2[C@@H]3[C@]4(OC(C)=O)CO[C@@H]4C[C@H]4O[C@@H]([C@H](O)C5=C(C)[C@@H](OC(=O)[C@H](O[Si](C(C)C)(C(C)C)C(C)C)[C@H](C=C(C)C)NC(=O)OC(C)(C)C)C[C@]2(O)C5(C)C)[C@@]34C)c1.COc1ccc(OC)c(C(=O)O[C@H]2[C@@H]3[C@]4(OC(C)=O)CO[C@@H]4C[C@H]4O[C@H](C(=O)[C@@]34C)C3=C(C)[C@@H](OC(=O)[C@H](O[Si](C(C)C)(C(C)C)C(C)C)[C@H](C=C(C)C)NC(=O)OC(C)(C)C)C[C@]2(O)C3(C)C)c1. The lowest BCUT2D eigenvalue weighted by atomic mass is 9.42. The van der Waals surface area contributed by atoms with E-state index in [9.17, 15) is 44.1 Å². The van der Waals surface area contributed by atoms with Crippen LogP contribution in [-0.4, -0.2) is 252 Å². The number of alkyl carbamates (subject to hydrolysis) is 2. The van der Waals surface area contributed by atoms with E-state index in [1.54, 1.807) is 126 Å². The number of allylic oxidation sites excluding steroid dienone is 2. The predicted molar refractivity (Wildman–Crippen MR) is 516 cm³/mol. The molecule has 4 saturated carbocycles. The van der Waals surface area contributed by atoms with Crippen molar-refractivity contribution in [3.63, 3.8) is 0 Å². The Morgan fingerprint density at radius 1 is 0.493 bits per heavy atom. The van der Waals surface area contributed by atoms with Gasteiger partial charge in [0.05, 0.1) is 89.3 Å². The molecule has 34 heteroatoms. The lowest BCUT2D eigenvalue weighted by Gasteiger charge is -2.74. The maximum absolute atomic E-state index is 15.5. The van der Waals surface area contributed by atoms with Crippen LogP contribution in [0.5, 0.6) is 23.0 Å². The monoisotopic (exact) mass is 1970 g/mol. The molecule has 6 aliphatic carbocycles. The second kappa shape index (κ2) is 39.8. The Labute approximate surface area is 816 Å². The molecule has 0 unspecified atom stereocenters. The predicted octanol–water partition coefficient (Wildman–Crippen LogP) is 16.0. The first-order valence-electron chi connectivity index (χ1n) is 48.7. The van der Waals surface area contributed by atoms with E-state index in [1.165, 1.54) is 54.4 Å². The second-order valence-corrected chi connectivity index (χ2v) is 56.3. The first-order valence-corrected chi connectivity index (χ1v) is 53.0. The van der Waals surface area contributed by atoms with E-state index in [-0.39, 0.29) is 94.1 Å². The Balaban J connectivity index is 0.000000265. The summed E-state index contributed by atoms with van der Waals surface area (Å²) in [5.74, 6) is -6.36. The third-order valence-electron chi connectivity index (χ3n) is 31.9. The number of hydrogen-bond donors (Lipinski definition) is 5. The lowest BCUT2D eigenvalue weighted by Crippen LogP contribution is -2.86. The highest BCUT2D eigenvalue weighted by atomic mass is 28.4. The lowest BCUT2D eigenvalue weighted by molar-refractivity contribution is -0.416. The molecule has 6 bridgehead atoms. The molecule has 0 radical (unpaired) electrons. The summed E-state index contributed by atoms with van der Waals surface area (Å²) in [6, 6.07) is 7.16. The van der Waals surface area contributed by atoms with Gasteiger partial charge in [0.15, 0.2) is 29.2 Å². The number of carbonyl (C=O) groups excluding carboxylic acids is 9. The van der Waals surface area contributed by atoms with Crippen LogP contribution in [0.4, 0.5) is 9.59 Å². The highest BCUT2D eigenvalue weighted by Crippen LogP contribution is 2.71. The van der Waals surface area contributed by atoms with Gasteiger partial charge in [0, 0.05) is 55.8 Å². The molecule has 770 valence electrons. The molecule has 0 aromatic heterocycles. The van der Waals surface area contributed by atoms with Crippen molar-refractivity contribution in [2.75, 3.05) is 41.7 Å². The summed E-state index contributed by atoms with van der Waals surface area (Å²) in [7, 11) is -0.169. The fraction of sp³-hybridized carbons (Fsp3) is 0.721. The van der Waals surface area contributed by atoms with Crippen LogP contribution in [0.3, 0.4) is 0 Å². The van der Waals surface area contributed by atoms with E-state index in [1.807, 2.05) is 34.6 Å². The number of fused-ring (bicyclic) bond motifs is 10. The minimum Gasteiger partial charge on any atom is -0.497 e. The molecule has 4 aliphatic heterocycles. The first-order chi connectivity index (χ1) is 63.7. The molecule has 23 atom stereocenters. The number of nitrogens with one attached hydrogen (secondary N) is 2. The van der Waals surface area contributed by atoms with Crippen LogP contribution in [0.1, 0.15) is 268 Å². The zero-order valence-electron chi connectivity index (χ0n) is 88.0. The maximum atomic E-state index is 15.5. The zero-order chi connectivity index (χ0) is 103. The van der Waals surface area contributed by atoms with Gasteiger partial charge in [-0.05, 0) is 182 Å². The van der Waals surface area contributed by atoms with Crippen molar-refractivity contribution < 1.29 is 143 Å². The third kappa shape index (κ3) is 19.1. The Hall–Kier alpha value is -8.30. The first kappa shape index (κ1) is 110. The maximum Gasteiger partial charge on any atom is 0.408 e. The molecule has 4 saturated heterocycles. The van der Waals surface area contributed by atoms with Gasteiger partial charge in [0.2, 0.25) is 16.6 Å². The normalized spacial score (nSPS) is 31.6. The molecule has 2 aromatic carbocycles. The van der Waals surface area contributed by atoms with Crippen molar-refractivity contribution >= 4 is 70.4 Å². The Kier molecular flexibility index (Phi) is 31.7. The minimum atomic E-state index is -2.95. The van der Waals surface area contributed by atoms with Gasteiger partial charge in [-0.2, -0.15) is 0 Å². The van der Waals surface area contributed by atoms with Crippen molar-refractivity contribution in [1.29, 1.82) is 0 Å². The molecule has 5 N–H and O–H groups in total. The van der Waals surface area contributed by atoms with Crippen LogP contribution in [0.2, 0.25) is 33.2 Å². The number of aliphatic hydroxyl groups excluding tert-OH is 1. The summed E-state index contributed by atoms with van der Waals surface area (Å²) < 4.78 is 113. The largest absolute Gasteiger partial charge is 0.497 e. The molecule has 0 spiro atoms. The molecule has 32 nitrogen and oxygen atoms in total. The Bertz CT molecular complexity index is 5040. The van der Waals surface area contributed by atoms with Crippen molar-refractivity contribution in [1.82, 2.24) is 10.6 Å². The number of esters is 6. The number of carbonyl (C=O) groups is 9. The third-order valence-corrected chi connectivity index (χ3v) is 44.0. The van der Waals surface area contributed by atoms with E-state index >= 15 is 14.4 Å². The van der Waals surface area contributed by atoms with Gasteiger partial charge >= 0.3 is 48.0 Å². The number of rotatable bonds is 30. The number of Topliss-reactive ketones (excluding diaryl/α,β-unsaturated/α-hetero) is 1. The number of ketones is 1. The molecule has 10 aliphatic rings. The summed E-state index contributed by atoms with van der Waals surface area (Å²) in [6.45, 7) is 59.3. The Morgan fingerprint density at radius 3 is 1.20 bits per heavy atom. The van der Waals surface area contributed by atoms with Crippen molar-refractivity contribution in [2.45, 2.75) is 406 Å². The quantitative estimate of drug-likeness (QED) is 0.0210. The molecule has 4 heterocycles. The van der Waals surface area contributed by atoms with Crippen molar-refractivity contribution in [3.8, 4) is 23.0 Å². The van der Waals surface area contributed by atoms with E-state index in [0.717, 1.165) is 11.1 Å². The average molecular weight is 1970 g/mol. The number of ether oxygens (including phenoxy) is 16. The minimum absolute atomic E-state index is 0.00357. The van der Waals surface area contributed by atoms with E-state index in [4.69, 9.17) is 84.6 Å². The molecule has 2 amide bonds. The van der Waals surface area contributed by atoms with Gasteiger partial charge < -0.3 is 111 Å². The Morgan fingerprint density at radius 2 is 0.855 bits per heavy atom. The number of amides is 2. The number of hydrogen-bond acceptors (Lipinski definition) is 30. The summed E-state index contributed by atoms with van der Waals surface area (Å²) in [6.07, 6.45) is -13.2. The molecule has 138 heavy (non-hydrogen) atoms. The fourth-order valence-electron chi connectivity index (χ4n) is 25.7. The van der Waals surface area contributed by atoms with E-state index < -0.39 is 223 Å². The smallest absolute Gasteiger partial charge is 0.408 e. The van der Waals surface area contributed by atoms with Crippen LogP contribution in [0, 0.1) is 33.5 Å². The van der Waals surface area contributed by atoms with Crippen LogP contribution < -0.4 is 29.6 Å². The van der Waals surface area contributed by atoms with Gasteiger partial charge in [-0.3, -0.25) is 14.4 Å². The molecular weight excluding hydrogens is 1810 g/mol. The summed E-state index contributed by atoms with van der Waals surface area (Å²) in [4.78, 5) is 130. The zero-order valence-corrected chi connectivity index (χ0v) is 90.0. The van der Waals surface area contributed by atoms with Gasteiger partial charge in [0.1, 0.15) is 105 Å². The summed E-state index contributed by atoms with van der Waals surface area (Å²) in [5.41, 5.74) is -11.3. The molecular formula is C104H156N2O30Si2. The van der Waals surface area contributed by atoms with Gasteiger partial charge in [0.25, 0.3) is 0 Å². The highest BCUT2D eigenvalue weighted by Gasteiger charge is 2.84. The molecule has 8 fully saturated rings. The van der Waals surface area contributed by atoms with Crippen LogP contribution in [0.15, 0.2) is 82.0 Å². The molecule has 2 aromatic rings. The number of benzene rings is 2. The van der Waals surface area contributed by atoms with Gasteiger partial charge in [-0.15, -0.1) is 0 Å². The van der Waals surface area contributed by atoms with Gasteiger partial charge in [-0.1, -0.05) is 141 Å². The van der Waals surface area contributed by atoms with Crippen molar-refractivity contribution in [3.05, 3.63) is 93.1 Å². The summed E-state index contributed by atoms with van der Waals surface area (Å²) in [5, 5.41) is 46.8. The topological polar surface area (TPSA) is 405 Å². The fourth-order valence-corrected chi connectivity index (χ4v) is 36.7. The number of methoxy groups -OCH3 is 4. The number of aliphatic hydroxyl groups is 3. The van der Waals surface area contributed by atoms with Crippen LogP contribution in [-0.2, 0) is 89.7 Å².